The maximum Gasteiger partial charge on any atom is 0.0491 e. The fourth-order valence-electron chi connectivity index (χ4n) is 2.39. The largest absolute Gasteiger partial charge is 0.396 e. The van der Waals surface area contributed by atoms with Crippen molar-refractivity contribution in [3.63, 3.8) is 0 Å². The molecule has 0 radical (unpaired) electrons. The third kappa shape index (κ3) is 2.57. The summed E-state index contributed by atoms with van der Waals surface area (Å²) in [6.07, 6.45) is 2.92. The van der Waals surface area contributed by atoms with E-state index in [-0.39, 0.29) is 12.0 Å². The van der Waals surface area contributed by atoms with E-state index in [0.717, 1.165) is 42.9 Å². The van der Waals surface area contributed by atoms with E-state index in [1.807, 2.05) is 18.2 Å². The van der Waals surface area contributed by atoms with Crippen molar-refractivity contribution in [1.29, 1.82) is 0 Å². The van der Waals surface area contributed by atoms with Gasteiger partial charge in [0.25, 0.3) is 0 Å². The van der Waals surface area contributed by atoms with Crippen molar-refractivity contribution >= 4 is 11.6 Å². The van der Waals surface area contributed by atoms with Crippen LogP contribution in [0.3, 0.4) is 0 Å². The van der Waals surface area contributed by atoms with Crippen LogP contribution in [0.15, 0.2) is 24.3 Å². The molecule has 1 aliphatic rings. The van der Waals surface area contributed by atoms with Gasteiger partial charge in [-0.05, 0) is 49.4 Å². The fourth-order valence-corrected chi connectivity index (χ4v) is 2.60. The molecule has 3 heteroatoms. The first kappa shape index (κ1) is 11.9. The minimum absolute atomic E-state index is 0.0241. The molecular weight excluding hydrogens is 222 g/mol. The summed E-state index contributed by atoms with van der Waals surface area (Å²) in [4.78, 5) is 0. The highest BCUT2D eigenvalue weighted by atomic mass is 35.5. The van der Waals surface area contributed by atoms with E-state index in [1.165, 1.54) is 0 Å². The molecule has 1 aliphatic heterocycles. The first-order valence-electron chi connectivity index (χ1n) is 5.81. The third-order valence-corrected chi connectivity index (χ3v) is 3.89. The number of rotatable bonds is 3. The van der Waals surface area contributed by atoms with Crippen molar-refractivity contribution in [2.24, 2.45) is 5.41 Å². The summed E-state index contributed by atoms with van der Waals surface area (Å²) in [7, 11) is 0. The number of aliphatic hydroxyl groups excluding tert-OH is 1. The average Bonchev–Trinajstić information content (AvgIpc) is 2.33. The van der Waals surface area contributed by atoms with Gasteiger partial charge in [0.2, 0.25) is 0 Å². The molecule has 1 saturated heterocycles. The molecule has 1 fully saturated rings. The Morgan fingerprint density at radius 3 is 2.56 bits per heavy atom. The number of aliphatic hydroxyl groups is 1. The Morgan fingerprint density at radius 1 is 1.25 bits per heavy atom. The van der Waals surface area contributed by atoms with Crippen LogP contribution >= 0.6 is 11.6 Å². The summed E-state index contributed by atoms with van der Waals surface area (Å²) < 4.78 is 0. The monoisotopic (exact) mass is 239 g/mol. The number of halogens is 1. The van der Waals surface area contributed by atoms with Crippen LogP contribution in [-0.4, -0.2) is 24.8 Å². The summed E-state index contributed by atoms with van der Waals surface area (Å²) in [6.45, 7) is 2.23. The number of piperidine rings is 1. The van der Waals surface area contributed by atoms with E-state index in [0.29, 0.717) is 0 Å². The molecule has 1 aromatic carbocycles. The average molecular weight is 240 g/mol. The summed E-state index contributed by atoms with van der Waals surface area (Å²) in [5.74, 6) is 0. The van der Waals surface area contributed by atoms with E-state index < -0.39 is 0 Å². The summed E-state index contributed by atoms with van der Waals surface area (Å²) >= 11 is 6.17. The molecule has 0 atom stereocenters. The van der Waals surface area contributed by atoms with Crippen LogP contribution in [0.2, 0.25) is 5.02 Å². The number of hydrogen-bond donors (Lipinski definition) is 2. The van der Waals surface area contributed by atoms with E-state index in [4.69, 9.17) is 11.6 Å². The molecule has 88 valence electrons. The van der Waals surface area contributed by atoms with Gasteiger partial charge in [-0.3, -0.25) is 0 Å². The van der Waals surface area contributed by atoms with Gasteiger partial charge in [-0.25, -0.2) is 0 Å². The minimum Gasteiger partial charge on any atom is -0.396 e. The van der Waals surface area contributed by atoms with Crippen LogP contribution in [-0.2, 0) is 6.42 Å². The third-order valence-electron chi connectivity index (χ3n) is 3.52. The molecule has 0 spiro atoms. The Morgan fingerprint density at radius 2 is 1.94 bits per heavy atom. The number of hydrogen-bond acceptors (Lipinski definition) is 2. The van der Waals surface area contributed by atoms with Gasteiger partial charge in [-0.2, -0.15) is 0 Å². The Labute approximate surface area is 102 Å². The summed E-state index contributed by atoms with van der Waals surface area (Å²) in [6, 6.07) is 7.93. The van der Waals surface area contributed by atoms with Crippen molar-refractivity contribution in [3.05, 3.63) is 34.9 Å². The van der Waals surface area contributed by atoms with Crippen LogP contribution in [0, 0.1) is 5.41 Å². The molecule has 2 N–H and O–H groups in total. The second kappa shape index (κ2) is 5.17. The molecule has 0 aliphatic carbocycles. The van der Waals surface area contributed by atoms with Crippen LogP contribution < -0.4 is 5.32 Å². The van der Waals surface area contributed by atoms with Gasteiger partial charge in [-0.1, -0.05) is 29.8 Å². The molecule has 0 amide bonds. The zero-order valence-corrected chi connectivity index (χ0v) is 10.1. The zero-order valence-electron chi connectivity index (χ0n) is 9.38. The van der Waals surface area contributed by atoms with Gasteiger partial charge in [-0.15, -0.1) is 0 Å². The predicted molar refractivity (Wildman–Crippen MR) is 66.8 cm³/mol. The van der Waals surface area contributed by atoms with Gasteiger partial charge in [0.05, 0.1) is 0 Å². The van der Waals surface area contributed by atoms with Crippen molar-refractivity contribution in [3.8, 4) is 0 Å². The molecule has 0 aromatic heterocycles. The van der Waals surface area contributed by atoms with Crippen molar-refractivity contribution in [2.75, 3.05) is 19.7 Å². The highest BCUT2D eigenvalue weighted by molar-refractivity contribution is 6.31. The maximum absolute atomic E-state index is 9.62. The van der Waals surface area contributed by atoms with E-state index in [2.05, 4.69) is 11.4 Å². The normalized spacial score (nSPS) is 19.6. The van der Waals surface area contributed by atoms with Gasteiger partial charge in [0.1, 0.15) is 0 Å². The Balaban J connectivity index is 2.15. The molecule has 0 unspecified atom stereocenters. The molecule has 1 heterocycles. The second-order valence-corrected chi connectivity index (χ2v) is 5.08. The summed E-state index contributed by atoms with van der Waals surface area (Å²) in [5, 5.41) is 13.8. The van der Waals surface area contributed by atoms with Gasteiger partial charge in [0.15, 0.2) is 0 Å². The van der Waals surface area contributed by atoms with E-state index in [9.17, 15) is 5.11 Å². The Hall–Kier alpha value is -0.570. The molecule has 2 rings (SSSR count). The lowest BCUT2D eigenvalue weighted by atomic mass is 9.75. The molecular formula is C13H18ClNO. The number of nitrogens with one attached hydrogen (secondary N) is 1. The lowest BCUT2D eigenvalue weighted by molar-refractivity contribution is 0.0893. The van der Waals surface area contributed by atoms with Crippen molar-refractivity contribution in [2.45, 2.75) is 19.3 Å². The molecule has 1 aromatic rings. The standard InChI is InChI=1S/C13H18ClNO/c14-12-4-2-1-3-11(12)9-13(10-16)5-7-15-8-6-13/h1-4,15-16H,5-10H2. The molecule has 2 nitrogen and oxygen atoms in total. The first-order chi connectivity index (χ1) is 7.76. The molecule has 0 bridgehead atoms. The maximum atomic E-state index is 9.62. The Bertz CT molecular complexity index is 348. The second-order valence-electron chi connectivity index (χ2n) is 4.68. The topological polar surface area (TPSA) is 32.3 Å². The van der Waals surface area contributed by atoms with E-state index >= 15 is 0 Å². The number of benzene rings is 1. The smallest absolute Gasteiger partial charge is 0.0491 e. The Kier molecular flexibility index (Phi) is 3.85. The van der Waals surface area contributed by atoms with Gasteiger partial charge < -0.3 is 10.4 Å². The molecule has 16 heavy (non-hydrogen) atoms. The van der Waals surface area contributed by atoms with Gasteiger partial charge in [0, 0.05) is 11.6 Å². The quantitative estimate of drug-likeness (QED) is 0.848. The highest BCUT2D eigenvalue weighted by Crippen LogP contribution is 2.34. The SMILES string of the molecule is OCC1(Cc2ccccc2Cl)CCNCC1. The van der Waals surface area contributed by atoms with Crippen LogP contribution in [0.1, 0.15) is 18.4 Å². The van der Waals surface area contributed by atoms with Crippen molar-refractivity contribution < 1.29 is 5.11 Å². The fraction of sp³-hybridized carbons (Fsp3) is 0.538. The minimum atomic E-state index is 0.0241. The highest BCUT2D eigenvalue weighted by Gasteiger charge is 2.31. The lowest BCUT2D eigenvalue weighted by Gasteiger charge is -2.36. The van der Waals surface area contributed by atoms with E-state index in [1.54, 1.807) is 0 Å². The first-order valence-corrected chi connectivity index (χ1v) is 6.19. The van der Waals surface area contributed by atoms with Crippen LogP contribution in [0.5, 0.6) is 0 Å². The summed E-state index contributed by atoms with van der Waals surface area (Å²) in [5.41, 5.74) is 1.18. The lowest BCUT2D eigenvalue weighted by Crippen LogP contribution is -2.40. The van der Waals surface area contributed by atoms with Gasteiger partial charge >= 0.3 is 0 Å². The van der Waals surface area contributed by atoms with Crippen LogP contribution in [0.25, 0.3) is 0 Å². The molecule has 0 saturated carbocycles. The predicted octanol–water partition coefficient (Wildman–Crippen LogP) is 2.24. The van der Waals surface area contributed by atoms with Crippen LogP contribution in [0.4, 0.5) is 0 Å². The van der Waals surface area contributed by atoms with Crippen molar-refractivity contribution in [1.82, 2.24) is 5.32 Å². The zero-order chi connectivity index (χ0) is 11.4.